The van der Waals surface area contributed by atoms with Gasteiger partial charge in [-0.05, 0) is 25.1 Å². The second-order valence-corrected chi connectivity index (χ2v) is 6.32. The van der Waals surface area contributed by atoms with Gasteiger partial charge in [-0.1, -0.05) is 0 Å². The summed E-state index contributed by atoms with van der Waals surface area (Å²) in [5, 5.41) is 18.1. The number of nitrogens with one attached hydrogen (secondary N) is 2. The van der Waals surface area contributed by atoms with Crippen LogP contribution < -0.4 is 26.7 Å². The van der Waals surface area contributed by atoms with Gasteiger partial charge < -0.3 is 21.1 Å². The first-order valence-corrected chi connectivity index (χ1v) is 9.33. The van der Waals surface area contributed by atoms with Crippen LogP contribution in [-0.4, -0.2) is 48.9 Å². The van der Waals surface area contributed by atoms with Crippen molar-refractivity contribution in [2.24, 2.45) is 5.73 Å². The number of aromatic nitrogens is 6. The van der Waals surface area contributed by atoms with Gasteiger partial charge in [0.1, 0.15) is 22.9 Å². The summed E-state index contributed by atoms with van der Waals surface area (Å²) in [6, 6.07) is 8.22. The molecule has 4 rings (SSSR count). The molecule has 4 N–H and O–H groups in total. The minimum Gasteiger partial charge on any atom is -0.477 e. The van der Waals surface area contributed by atoms with Crippen LogP contribution in [0.5, 0.6) is 5.88 Å². The second kappa shape index (κ2) is 8.10. The molecule has 0 fully saturated rings. The van der Waals surface area contributed by atoms with E-state index in [9.17, 15) is 9.59 Å². The summed E-state index contributed by atoms with van der Waals surface area (Å²) in [5.74, 6) is 0.930. The number of ether oxygens (including phenoxy) is 1. The van der Waals surface area contributed by atoms with Gasteiger partial charge in [-0.3, -0.25) is 14.2 Å². The summed E-state index contributed by atoms with van der Waals surface area (Å²) in [4.78, 5) is 29.1. The topological polar surface area (TPSA) is 154 Å². The highest BCUT2D eigenvalue weighted by Crippen LogP contribution is 2.20. The highest BCUT2D eigenvalue weighted by atomic mass is 16.5. The molecule has 0 aliphatic heterocycles. The Balaban J connectivity index is 1.72. The van der Waals surface area contributed by atoms with Gasteiger partial charge in [0, 0.05) is 25.4 Å². The van der Waals surface area contributed by atoms with Crippen LogP contribution in [0.2, 0.25) is 0 Å². The van der Waals surface area contributed by atoms with Crippen molar-refractivity contribution < 1.29 is 9.53 Å². The second-order valence-electron chi connectivity index (χ2n) is 6.32. The molecule has 0 atom stereocenters. The van der Waals surface area contributed by atoms with E-state index >= 15 is 0 Å². The lowest BCUT2D eigenvalue weighted by Gasteiger charge is -2.11. The molecule has 12 heteroatoms. The maximum atomic E-state index is 13.0. The molecule has 4 heterocycles. The van der Waals surface area contributed by atoms with Gasteiger partial charge in [-0.25, -0.2) is 4.98 Å². The molecule has 0 aliphatic rings. The number of carbonyl (C=O) groups is 1. The van der Waals surface area contributed by atoms with Crippen molar-refractivity contribution in [2.75, 3.05) is 24.3 Å². The summed E-state index contributed by atoms with van der Waals surface area (Å²) in [6.07, 6.45) is 2.92. The van der Waals surface area contributed by atoms with E-state index in [1.807, 2.05) is 6.92 Å². The highest BCUT2D eigenvalue weighted by molar-refractivity contribution is 5.98. The zero-order chi connectivity index (χ0) is 22.0. The van der Waals surface area contributed by atoms with Crippen LogP contribution in [0.15, 0.2) is 47.5 Å². The SMILES string of the molecule is CCOc1ccc(-n2cccc(Nc3cc(NC)n4ncc(C(N)=O)c4n3)c2=O)nn1. The van der Waals surface area contributed by atoms with E-state index in [2.05, 4.69) is 30.9 Å². The Hall–Kier alpha value is -4.48. The van der Waals surface area contributed by atoms with Crippen molar-refractivity contribution in [3.05, 3.63) is 58.6 Å². The Labute approximate surface area is 175 Å². The molecule has 12 nitrogen and oxygen atoms in total. The predicted octanol–water partition coefficient (Wildman–Crippen LogP) is 0.953. The van der Waals surface area contributed by atoms with E-state index < -0.39 is 5.91 Å². The predicted molar refractivity (Wildman–Crippen MR) is 113 cm³/mol. The average Bonchev–Trinajstić information content (AvgIpc) is 3.20. The highest BCUT2D eigenvalue weighted by Gasteiger charge is 2.15. The molecule has 0 saturated heterocycles. The van der Waals surface area contributed by atoms with E-state index in [-0.39, 0.29) is 22.5 Å². The molecule has 0 unspecified atom stereocenters. The van der Waals surface area contributed by atoms with E-state index in [1.165, 1.54) is 15.3 Å². The van der Waals surface area contributed by atoms with Crippen LogP contribution in [0.25, 0.3) is 11.5 Å². The fourth-order valence-electron chi connectivity index (χ4n) is 2.95. The van der Waals surface area contributed by atoms with E-state index in [0.29, 0.717) is 29.9 Å². The van der Waals surface area contributed by atoms with Gasteiger partial charge in [0.15, 0.2) is 11.5 Å². The van der Waals surface area contributed by atoms with Crippen LogP contribution in [0.3, 0.4) is 0 Å². The monoisotopic (exact) mass is 421 g/mol. The zero-order valence-electron chi connectivity index (χ0n) is 16.7. The molecule has 4 aromatic rings. The lowest BCUT2D eigenvalue weighted by atomic mass is 10.3. The number of hydrogen-bond acceptors (Lipinski definition) is 9. The van der Waals surface area contributed by atoms with Crippen molar-refractivity contribution in [3.8, 4) is 11.7 Å². The Morgan fingerprint density at radius 2 is 2.10 bits per heavy atom. The molecule has 0 aromatic carbocycles. The molecule has 0 radical (unpaired) electrons. The molecule has 1 amide bonds. The Morgan fingerprint density at radius 3 is 2.77 bits per heavy atom. The fraction of sp³-hybridized carbons (Fsp3) is 0.158. The molecule has 31 heavy (non-hydrogen) atoms. The first-order valence-electron chi connectivity index (χ1n) is 9.33. The Morgan fingerprint density at radius 1 is 1.26 bits per heavy atom. The molecule has 4 aromatic heterocycles. The van der Waals surface area contributed by atoms with Crippen molar-refractivity contribution >= 4 is 28.9 Å². The molecule has 0 aliphatic carbocycles. The number of pyridine rings is 1. The van der Waals surface area contributed by atoms with Gasteiger partial charge in [0.2, 0.25) is 5.88 Å². The number of hydrogen-bond donors (Lipinski definition) is 3. The first-order chi connectivity index (χ1) is 15.0. The Bertz CT molecular complexity index is 1310. The van der Waals surface area contributed by atoms with Crippen LogP contribution in [-0.2, 0) is 0 Å². The quantitative estimate of drug-likeness (QED) is 0.395. The fourth-order valence-corrected chi connectivity index (χ4v) is 2.95. The molecule has 0 bridgehead atoms. The third-order valence-corrected chi connectivity index (χ3v) is 4.37. The Kier molecular flexibility index (Phi) is 5.18. The van der Waals surface area contributed by atoms with Crippen molar-refractivity contribution in [1.82, 2.24) is 29.4 Å². The number of fused-ring (bicyclic) bond motifs is 1. The number of anilines is 3. The summed E-state index contributed by atoms with van der Waals surface area (Å²) in [7, 11) is 1.70. The van der Waals surface area contributed by atoms with E-state index in [4.69, 9.17) is 10.5 Å². The molecular weight excluding hydrogens is 402 g/mol. The van der Waals surface area contributed by atoms with Crippen molar-refractivity contribution in [2.45, 2.75) is 6.92 Å². The van der Waals surface area contributed by atoms with Crippen LogP contribution >= 0.6 is 0 Å². The summed E-state index contributed by atoms with van der Waals surface area (Å²) < 4.78 is 8.07. The largest absolute Gasteiger partial charge is 0.477 e. The minimum atomic E-state index is -0.655. The maximum absolute atomic E-state index is 13.0. The normalized spacial score (nSPS) is 10.8. The van der Waals surface area contributed by atoms with Gasteiger partial charge in [-0.2, -0.15) is 9.61 Å². The smallest absolute Gasteiger partial charge is 0.280 e. The summed E-state index contributed by atoms with van der Waals surface area (Å²) >= 11 is 0. The van der Waals surface area contributed by atoms with Crippen LogP contribution in [0.1, 0.15) is 17.3 Å². The zero-order valence-corrected chi connectivity index (χ0v) is 16.7. The van der Waals surface area contributed by atoms with Gasteiger partial charge >= 0.3 is 0 Å². The lowest BCUT2D eigenvalue weighted by molar-refractivity contribution is 0.100. The minimum absolute atomic E-state index is 0.162. The van der Waals surface area contributed by atoms with Gasteiger partial charge in [0.05, 0.1) is 12.8 Å². The van der Waals surface area contributed by atoms with Crippen LogP contribution in [0, 0.1) is 0 Å². The van der Waals surface area contributed by atoms with Gasteiger partial charge in [-0.15, -0.1) is 10.2 Å². The van der Waals surface area contributed by atoms with Gasteiger partial charge in [0.25, 0.3) is 11.5 Å². The number of primary amides is 1. The molecule has 0 spiro atoms. The average molecular weight is 421 g/mol. The first kappa shape index (κ1) is 19.8. The number of amides is 1. The standard InChI is InChI=1S/C19H19N9O3/c1-3-31-16-7-6-14(25-26-16)27-8-4-5-12(19(27)30)23-13-9-15(21-2)28-18(24-13)11(10-22-28)17(20)29/h4-10,21H,3H2,1-2H3,(H2,20,29)(H,23,24). The third kappa shape index (κ3) is 3.73. The third-order valence-electron chi connectivity index (χ3n) is 4.37. The van der Waals surface area contributed by atoms with E-state index in [1.54, 1.807) is 43.6 Å². The lowest BCUT2D eigenvalue weighted by Crippen LogP contribution is -2.21. The summed E-state index contributed by atoms with van der Waals surface area (Å²) in [5.41, 5.74) is 5.71. The van der Waals surface area contributed by atoms with Crippen molar-refractivity contribution in [3.63, 3.8) is 0 Å². The maximum Gasteiger partial charge on any atom is 0.280 e. The molecule has 0 saturated carbocycles. The van der Waals surface area contributed by atoms with Crippen molar-refractivity contribution in [1.29, 1.82) is 0 Å². The molecule has 158 valence electrons. The number of carbonyl (C=O) groups excluding carboxylic acids is 1. The number of nitrogens with two attached hydrogens (primary N) is 1. The van der Waals surface area contributed by atoms with Crippen LogP contribution in [0.4, 0.5) is 17.3 Å². The molecular formula is C19H19N9O3. The van der Waals surface area contributed by atoms with E-state index in [0.717, 1.165) is 0 Å². The summed E-state index contributed by atoms with van der Waals surface area (Å²) in [6.45, 7) is 2.31. The number of nitrogens with zero attached hydrogens (tertiary/aromatic N) is 6. The number of rotatable bonds is 7.